The van der Waals surface area contributed by atoms with Crippen LogP contribution in [0.2, 0.25) is 10.0 Å². The molecule has 4 N–H and O–H groups in total. The van der Waals surface area contributed by atoms with Gasteiger partial charge in [0.1, 0.15) is 5.75 Å². The van der Waals surface area contributed by atoms with Crippen LogP contribution in [0.5, 0.6) is 5.75 Å². The molecule has 13 heteroatoms. The Morgan fingerprint density at radius 1 is 1.02 bits per heavy atom. The van der Waals surface area contributed by atoms with Gasteiger partial charge in [0, 0.05) is 51.8 Å². The van der Waals surface area contributed by atoms with Crippen LogP contribution in [0.25, 0.3) is 11.4 Å². The monoisotopic (exact) mass is 739 g/mol. The first-order valence-electron chi connectivity index (χ1n) is 17.0. The van der Waals surface area contributed by atoms with E-state index in [0.717, 1.165) is 34.4 Å². The third-order valence-corrected chi connectivity index (χ3v) is 10.6. The second kappa shape index (κ2) is 13.9. The molecule has 0 unspecified atom stereocenters. The van der Waals surface area contributed by atoms with Gasteiger partial charge in [-0.3, -0.25) is 4.79 Å². The Bertz CT molecular complexity index is 2120. The predicted octanol–water partition coefficient (Wildman–Crippen LogP) is 7.34. The minimum atomic E-state index is -1.09. The molecule has 2 aliphatic heterocycles. The lowest BCUT2D eigenvalue weighted by Crippen LogP contribution is -2.48. The Morgan fingerprint density at radius 3 is 2.46 bits per heavy atom. The zero-order valence-electron chi connectivity index (χ0n) is 29.2. The molecular weight excluding hydrogens is 701 g/mol. The Hall–Kier alpha value is -4.97. The molecular formula is C39H39Cl2N7O4. The van der Waals surface area contributed by atoms with Crippen molar-refractivity contribution in [3.05, 3.63) is 117 Å². The number of nitrogens with one attached hydrogen (secondary N) is 3. The van der Waals surface area contributed by atoms with Gasteiger partial charge in [0.2, 0.25) is 11.7 Å². The molecule has 268 valence electrons. The van der Waals surface area contributed by atoms with Crippen LogP contribution in [-0.4, -0.2) is 63.3 Å². The Morgan fingerprint density at radius 2 is 1.79 bits per heavy atom. The SMILES string of the molecule is COc1cc(C(=O)O)ccc1NC(=O)[C@@H]1N[C@@H](CC(C)(C)C)[C@@]2(CN(Cc3ccc(-c4nn[nH]n4)cc3)c3ccc(Cl)cc32)[C@H]1c1cccc(Cl)c1. The summed E-state index contributed by atoms with van der Waals surface area (Å²) in [5.41, 5.74) is 4.68. The van der Waals surface area contributed by atoms with E-state index < -0.39 is 17.4 Å². The number of tetrazole rings is 1. The second-order valence-corrected chi connectivity index (χ2v) is 15.6. The van der Waals surface area contributed by atoms with Gasteiger partial charge in [0.25, 0.3) is 0 Å². The molecule has 2 aliphatic rings. The van der Waals surface area contributed by atoms with Gasteiger partial charge in [-0.1, -0.05) is 80.4 Å². The quantitative estimate of drug-likeness (QED) is 0.122. The minimum Gasteiger partial charge on any atom is -0.495 e. The first kappa shape index (κ1) is 35.4. The van der Waals surface area contributed by atoms with E-state index in [4.69, 9.17) is 27.9 Å². The van der Waals surface area contributed by atoms with Crippen molar-refractivity contribution in [1.82, 2.24) is 25.9 Å². The summed E-state index contributed by atoms with van der Waals surface area (Å²) in [6.45, 7) is 7.82. The molecule has 7 rings (SSSR count). The van der Waals surface area contributed by atoms with Crippen molar-refractivity contribution in [3.8, 4) is 17.1 Å². The van der Waals surface area contributed by atoms with E-state index >= 15 is 0 Å². The average Bonchev–Trinajstić information content (AvgIpc) is 3.82. The normalized spacial score (nSPS) is 21.0. The van der Waals surface area contributed by atoms with Crippen LogP contribution in [0, 0.1) is 5.41 Å². The van der Waals surface area contributed by atoms with Crippen LogP contribution in [0.15, 0.2) is 84.9 Å². The number of aromatic carboxylic acids is 1. The highest BCUT2D eigenvalue weighted by Gasteiger charge is 2.62. The van der Waals surface area contributed by atoms with Gasteiger partial charge in [-0.2, -0.15) is 5.21 Å². The summed E-state index contributed by atoms with van der Waals surface area (Å²) >= 11 is 13.5. The van der Waals surface area contributed by atoms with Crippen molar-refractivity contribution in [2.75, 3.05) is 23.9 Å². The number of carboxylic acid groups (broad SMARTS) is 1. The smallest absolute Gasteiger partial charge is 0.335 e. The Kier molecular flexibility index (Phi) is 9.45. The van der Waals surface area contributed by atoms with E-state index in [2.05, 4.69) is 81.2 Å². The molecule has 1 saturated heterocycles. The standard InChI is InChI=1S/C39H39Cl2N7O4/c1-38(2,3)19-32-39(21-48(30-15-13-27(41)18-28(30)39)20-22-8-10-23(11-9-22)35-44-46-47-45-35)33(24-6-5-7-26(40)16-24)34(43-32)36(49)42-29-14-12-25(37(50)51)17-31(29)52-4/h5-18,32-34,43H,19-21H2,1-4H3,(H,42,49)(H,50,51)(H,44,45,46,47)/t32-,33-,34+,39-/m0/s1. The maximum Gasteiger partial charge on any atom is 0.335 e. The number of H-pyrrole nitrogens is 1. The number of benzene rings is 4. The van der Waals surface area contributed by atoms with E-state index in [1.807, 2.05) is 42.5 Å². The Labute approximate surface area is 311 Å². The van der Waals surface area contributed by atoms with Crippen LogP contribution in [0.1, 0.15) is 60.2 Å². The molecule has 0 radical (unpaired) electrons. The van der Waals surface area contributed by atoms with E-state index in [1.54, 1.807) is 6.07 Å². The number of hydrogen-bond acceptors (Lipinski definition) is 8. The molecule has 0 aliphatic carbocycles. The second-order valence-electron chi connectivity index (χ2n) is 14.7. The molecule has 4 aromatic carbocycles. The van der Waals surface area contributed by atoms with Crippen LogP contribution >= 0.6 is 23.2 Å². The molecule has 0 saturated carbocycles. The maximum atomic E-state index is 14.7. The van der Waals surface area contributed by atoms with Gasteiger partial charge >= 0.3 is 5.97 Å². The number of methoxy groups -OCH3 is 1. The van der Waals surface area contributed by atoms with Gasteiger partial charge in [-0.25, -0.2) is 4.79 Å². The van der Waals surface area contributed by atoms with Crippen molar-refractivity contribution >= 4 is 46.5 Å². The van der Waals surface area contributed by atoms with E-state index in [1.165, 1.54) is 19.2 Å². The lowest BCUT2D eigenvalue weighted by Gasteiger charge is -2.40. The summed E-state index contributed by atoms with van der Waals surface area (Å²) in [7, 11) is 1.44. The molecule has 0 bridgehead atoms. The number of carbonyl (C=O) groups excluding carboxylic acids is 1. The highest BCUT2D eigenvalue weighted by atomic mass is 35.5. The van der Waals surface area contributed by atoms with Crippen molar-refractivity contribution in [3.63, 3.8) is 0 Å². The molecule has 5 aromatic rings. The topological polar surface area (TPSA) is 145 Å². The van der Waals surface area contributed by atoms with Gasteiger partial charge in [0.05, 0.1) is 24.4 Å². The van der Waals surface area contributed by atoms with Crippen molar-refractivity contribution in [1.29, 1.82) is 0 Å². The van der Waals surface area contributed by atoms with Crippen LogP contribution < -0.4 is 20.3 Å². The fraction of sp³-hybridized carbons (Fsp3) is 0.308. The minimum absolute atomic E-state index is 0.0545. The summed E-state index contributed by atoms with van der Waals surface area (Å²) < 4.78 is 5.52. The molecule has 11 nitrogen and oxygen atoms in total. The van der Waals surface area contributed by atoms with Crippen LogP contribution in [-0.2, 0) is 16.8 Å². The van der Waals surface area contributed by atoms with Crippen molar-refractivity contribution in [2.24, 2.45) is 5.41 Å². The zero-order chi connectivity index (χ0) is 36.8. The molecule has 4 atom stereocenters. The van der Waals surface area contributed by atoms with E-state index in [9.17, 15) is 14.7 Å². The number of carboxylic acids is 1. The number of aromatic nitrogens is 4. The summed E-state index contributed by atoms with van der Waals surface area (Å²) in [6, 6.07) is 25.4. The predicted molar refractivity (Wildman–Crippen MR) is 201 cm³/mol. The highest BCUT2D eigenvalue weighted by Crippen LogP contribution is 2.58. The molecule has 1 spiro atoms. The number of halogens is 2. The fourth-order valence-electron chi connectivity index (χ4n) is 8.00. The summed E-state index contributed by atoms with van der Waals surface area (Å²) in [4.78, 5) is 28.7. The van der Waals surface area contributed by atoms with E-state index in [-0.39, 0.29) is 34.6 Å². The lowest BCUT2D eigenvalue weighted by atomic mass is 9.63. The molecule has 1 amide bonds. The van der Waals surface area contributed by atoms with Gasteiger partial charge in [-0.15, -0.1) is 10.2 Å². The lowest BCUT2D eigenvalue weighted by molar-refractivity contribution is -0.118. The molecule has 52 heavy (non-hydrogen) atoms. The number of nitrogens with zero attached hydrogens (tertiary/aromatic N) is 4. The summed E-state index contributed by atoms with van der Waals surface area (Å²) in [6.07, 6.45) is 0.754. The summed E-state index contributed by atoms with van der Waals surface area (Å²) in [5, 5.41) is 32.0. The van der Waals surface area contributed by atoms with Gasteiger partial charge in [0.15, 0.2) is 0 Å². The third-order valence-electron chi connectivity index (χ3n) is 10.1. The number of carbonyl (C=O) groups is 2. The van der Waals surface area contributed by atoms with Crippen molar-refractivity contribution < 1.29 is 19.4 Å². The Balaban J connectivity index is 1.34. The largest absolute Gasteiger partial charge is 0.495 e. The van der Waals surface area contributed by atoms with E-state index in [0.29, 0.717) is 34.6 Å². The fourth-order valence-corrected chi connectivity index (χ4v) is 8.37. The molecule has 1 aromatic heterocycles. The van der Waals surface area contributed by atoms with Gasteiger partial charge in [-0.05, 0) is 82.3 Å². The zero-order valence-corrected chi connectivity index (χ0v) is 30.7. The number of aromatic amines is 1. The number of hydrogen-bond donors (Lipinski definition) is 4. The number of rotatable bonds is 9. The molecule has 1 fully saturated rings. The first-order chi connectivity index (χ1) is 24.9. The van der Waals surface area contributed by atoms with Crippen LogP contribution in [0.3, 0.4) is 0 Å². The number of amides is 1. The summed E-state index contributed by atoms with van der Waals surface area (Å²) in [5.74, 6) is -0.974. The number of anilines is 2. The first-order valence-corrected chi connectivity index (χ1v) is 17.7. The third kappa shape index (κ3) is 6.71. The van der Waals surface area contributed by atoms with Crippen LogP contribution in [0.4, 0.5) is 11.4 Å². The number of ether oxygens (including phenoxy) is 1. The maximum absolute atomic E-state index is 14.7. The number of fused-ring (bicyclic) bond motifs is 2. The molecule has 3 heterocycles. The van der Waals surface area contributed by atoms with Gasteiger partial charge < -0.3 is 25.4 Å². The highest BCUT2D eigenvalue weighted by molar-refractivity contribution is 6.31. The average molecular weight is 741 g/mol. The van der Waals surface area contributed by atoms with Crippen molar-refractivity contribution in [2.45, 2.75) is 57.2 Å².